The minimum Gasteiger partial charge on any atom is -0.477 e. The summed E-state index contributed by atoms with van der Waals surface area (Å²) in [5.74, 6) is -1.60. The highest BCUT2D eigenvalue weighted by Gasteiger charge is 2.52. The molecule has 8 nitrogen and oxygen atoms in total. The lowest BCUT2D eigenvalue weighted by Crippen LogP contribution is -2.65. The summed E-state index contributed by atoms with van der Waals surface area (Å²) in [6, 6.07) is 6.00. The number of amides is 2. The summed E-state index contributed by atoms with van der Waals surface area (Å²) >= 11 is 1.45. The smallest absolute Gasteiger partial charge is 0.352 e. The van der Waals surface area contributed by atoms with Crippen LogP contribution in [0.15, 0.2) is 36.0 Å². The van der Waals surface area contributed by atoms with E-state index >= 15 is 0 Å². The first-order valence-corrected chi connectivity index (χ1v) is 8.58. The zero-order valence-corrected chi connectivity index (χ0v) is 13.9. The lowest BCUT2D eigenvalue weighted by molar-refractivity contribution is -0.166. The number of thioether (sulfide) groups is 1. The molecule has 1 saturated heterocycles. The number of aliphatic carboxylic acids is 1. The molecule has 2 heterocycles. The highest BCUT2D eigenvalue weighted by molar-refractivity contribution is 8.00. The Kier molecular flexibility index (Phi) is 4.80. The molecule has 2 amide bonds. The van der Waals surface area contributed by atoms with E-state index < -0.39 is 24.0 Å². The van der Waals surface area contributed by atoms with Gasteiger partial charge >= 0.3 is 5.97 Å². The van der Waals surface area contributed by atoms with Crippen LogP contribution >= 0.6 is 11.8 Å². The summed E-state index contributed by atoms with van der Waals surface area (Å²) in [7, 11) is 0. The van der Waals surface area contributed by atoms with Gasteiger partial charge in [0, 0.05) is 5.75 Å². The SMILES string of the molecule is NC(=O)C(N)c1cccc(COC2C(=O)N3C(C(=O)O)=CCSC23)c1. The standard InChI is InChI=1S/C16H17N3O5S/c17-11(13(18)20)9-3-1-2-8(6-9)7-24-12-14(21)19-10(16(22)23)4-5-25-15(12)19/h1-4,6,11-12,15H,5,7,17H2,(H2,18,20)(H,22,23). The second-order valence-corrected chi connectivity index (χ2v) is 6.83. The van der Waals surface area contributed by atoms with Crippen molar-refractivity contribution >= 4 is 29.5 Å². The molecule has 25 heavy (non-hydrogen) atoms. The van der Waals surface area contributed by atoms with Gasteiger partial charge in [0.2, 0.25) is 5.91 Å². The first kappa shape index (κ1) is 17.5. The van der Waals surface area contributed by atoms with Crippen LogP contribution in [0.25, 0.3) is 0 Å². The summed E-state index contributed by atoms with van der Waals surface area (Å²) in [4.78, 5) is 35.8. The molecule has 0 aliphatic carbocycles. The van der Waals surface area contributed by atoms with Gasteiger partial charge in [0.1, 0.15) is 17.1 Å². The number of carbonyl (C=O) groups excluding carboxylic acids is 2. The molecule has 1 aromatic rings. The van der Waals surface area contributed by atoms with Crippen LogP contribution in [0.1, 0.15) is 17.2 Å². The maximum absolute atomic E-state index is 12.2. The number of carbonyl (C=O) groups is 3. The maximum Gasteiger partial charge on any atom is 0.352 e. The van der Waals surface area contributed by atoms with Gasteiger partial charge in [-0.15, -0.1) is 11.8 Å². The fourth-order valence-electron chi connectivity index (χ4n) is 2.75. The van der Waals surface area contributed by atoms with Gasteiger partial charge in [-0.3, -0.25) is 14.5 Å². The molecule has 0 radical (unpaired) electrons. The zero-order chi connectivity index (χ0) is 18.1. The molecule has 1 aromatic carbocycles. The van der Waals surface area contributed by atoms with Crippen LogP contribution in [0.5, 0.6) is 0 Å². The molecule has 1 fully saturated rings. The largest absolute Gasteiger partial charge is 0.477 e. The zero-order valence-electron chi connectivity index (χ0n) is 13.1. The summed E-state index contributed by atoms with van der Waals surface area (Å²) < 4.78 is 5.68. The average molecular weight is 363 g/mol. The highest BCUT2D eigenvalue weighted by atomic mass is 32.2. The first-order valence-electron chi connectivity index (χ1n) is 7.53. The van der Waals surface area contributed by atoms with Gasteiger partial charge in [0.05, 0.1) is 6.61 Å². The van der Waals surface area contributed by atoms with Gasteiger partial charge in [-0.25, -0.2) is 4.79 Å². The van der Waals surface area contributed by atoms with Gasteiger partial charge in [0.25, 0.3) is 5.91 Å². The lowest BCUT2D eigenvalue weighted by Gasteiger charge is -2.47. The molecule has 3 atom stereocenters. The molecule has 2 aliphatic rings. The van der Waals surface area contributed by atoms with Crippen LogP contribution in [0, 0.1) is 0 Å². The van der Waals surface area contributed by atoms with Crippen molar-refractivity contribution in [3.8, 4) is 0 Å². The molecule has 3 rings (SSSR count). The Bertz CT molecular complexity index is 766. The average Bonchev–Trinajstić information content (AvgIpc) is 2.60. The molecule has 0 aromatic heterocycles. The number of rotatable bonds is 6. The summed E-state index contributed by atoms with van der Waals surface area (Å²) in [5, 5.41) is 8.80. The number of benzene rings is 1. The second-order valence-electron chi connectivity index (χ2n) is 5.68. The third-order valence-corrected chi connectivity index (χ3v) is 5.22. The Balaban J connectivity index is 1.65. The van der Waals surface area contributed by atoms with E-state index in [4.69, 9.17) is 21.3 Å². The molecular weight excluding hydrogens is 346 g/mol. The third-order valence-electron chi connectivity index (χ3n) is 4.06. The molecule has 0 bridgehead atoms. The minimum absolute atomic E-state index is 0.00280. The Morgan fingerprint density at radius 2 is 2.20 bits per heavy atom. The van der Waals surface area contributed by atoms with E-state index in [1.165, 1.54) is 22.7 Å². The van der Waals surface area contributed by atoms with Crippen molar-refractivity contribution in [2.75, 3.05) is 5.75 Å². The Morgan fingerprint density at radius 1 is 1.44 bits per heavy atom. The number of primary amides is 1. The second kappa shape index (κ2) is 6.87. The lowest BCUT2D eigenvalue weighted by atomic mass is 10.0. The van der Waals surface area contributed by atoms with Crippen molar-refractivity contribution in [1.29, 1.82) is 0 Å². The number of hydrogen-bond acceptors (Lipinski definition) is 6. The molecular formula is C16H17N3O5S. The van der Waals surface area contributed by atoms with Crippen molar-refractivity contribution in [3.05, 3.63) is 47.2 Å². The monoisotopic (exact) mass is 363 g/mol. The number of β-lactam (4-membered cyclic amide) rings is 1. The molecule has 2 aliphatic heterocycles. The Hall–Kier alpha value is -2.36. The van der Waals surface area contributed by atoms with Crippen molar-refractivity contribution < 1.29 is 24.2 Å². The van der Waals surface area contributed by atoms with Crippen LogP contribution in [-0.4, -0.2) is 45.0 Å². The first-order chi connectivity index (χ1) is 11.9. The van der Waals surface area contributed by atoms with Gasteiger partial charge in [-0.2, -0.15) is 0 Å². The number of fused-ring (bicyclic) bond motifs is 1. The van der Waals surface area contributed by atoms with E-state index in [1.54, 1.807) is 24.3 Å². The van der Waals surface area contributed by atoms with Crippen LogP contribution < -0.4 is 11.5 Å². The van der Waals surface area contributed by atoms with Gasteiger partial charge in [-0.05, 0) is 17.2 Å². The number of nitrogens with zero attached hydrogens (tertiary/aromatic N) is 1. The maximum atomic E-state index is 12.2. The topological polar surface area (TPSA) is 136 Å². The van der Waals surface area contributed by atoms with Crippen molar-refractivity contribution in [1.82, 2.24) is 4.90 Å². The van der Waals surface area contributed by atoms with Gasteiger partial charge in [-0.1, -0.05) is 24.3 Å². The predicted molar refractivity (Wildman–Crippen MR) is 90.0 cm³/mol. The van der Waals surface area contributed by atoms with Crippen molar-refractivity contribution in [2.45, 2.75) is 24.1 Å². The van der Waals surface area contributed by atoms with Gasteiger partial charge < -0.3 is 21.3 Å². The quantitative estimate of drug-likeness (QED) is 0.602. The van der Waals surface area contributed by atoms with Crippen LogP contribution in [-0.2, 0) is 25.7 Å². The fourth-order valence-corrected chi connectivity index (χ4v) is 3.94. The molecule has 9 heteroatoms. The normalized spacial score (nSPS) is 23.3. The molecule has 0 spiro atoms. The summed E-state index contributed by atoms with van der Waals surface area (Å²) in [6.07, 6.45) is 0.827. The van der Waals surface area contributed by atoms with Crippen LogP contribution in [0.2, 0.25) is 0 Å². The Morgan fingerprint density at radius 3 is 2.88 bits per heavy atom. The summed E-state index contributed by atoms with van der Waals surface area (Å²) in [5.41, 5.74) is 12.2. The molecule has 5 N–H and O–H groups in total. The highest BCUT2D eigenvalue weighted by Crippen LogP contribution is 2.39. The van der Waals surface area contributed by atoms with Crippen molar-refractivity contribution in [2.24, 2.45) is 11.5 Å². The molecule has 132 valence electrons. The van der Waals surface area contributed by atoms with E-state index in [0.717, 1.165) is 5.56 Å². The van der Waals surface area contributed by atoms with Crippen LogP contribution in [0.4, 0.5) is 0 Å². The number of nitrogens with two attached hydrogens (primary N) is 2. The molecule has 0 saturated carbocycles. The number of carboxylic acid groups (broad SMARTS) is 1. The van der Waals surface area contributed by atoms with E-state index in [1.807, 2.05) is 0 Å². The van der Waals surface area contributed by atoms with E-state index in [0.29, 0.717) is 11.3 Å². The Labute approximate surface area is 147 Å². The summed E-state index contributed by atoms with van der Waals surface area (Å²) in [6.45, 7) is 0.146. The predicted octanol–water partition coefficient (Wildman–Crippen LogP) is -0.0595. The minimum atomic E-state index is -1.12. The van der Waals surface area contributed by atoms with E-state index in [2.05, 4.69) is 0 Å². The molecule has 3 unspecified atom stereocenters. The number of carboxylic acids is 1. The number of ether oxygens (including phenoxy) is 1. The number of hydrogen-bond donors (Lipinski definition) is 3. The van der Waals surface area contributed by atoms with Gasteiger partial charge in [0.15, 0.2) is 6.10 Å². The van der Waals surface area contributed by atoms with E-state index in [9.17, 15) is 14.4 Å². The van der Waals surface area contributed by atoms with Crippen molar-refractivity contribution in [3.63, 3.8) is 0 Å². The van der Waals surface area contributed by atoms with E-state index in [-0.39, 0.29) is 23.6 Å². The fraction of sp³-hybridized carbons (Fsp3) is 0.312. The van der Waals surface area contributed by atoms with Crippen LogP contribution in [0.3, 0.4) is 0 Å². The third kappa shape index (κ3) is 3.26.